The molecule has 0 radical (unpaired) electrons. The van der Waals surface area contributed by atoms with E-state index < -0.39 is 0 Å². The van der Waals surface area contributed by atoms with Crippen LogP contribution in [-0.4, -0.2) is 23.2 Å². The first kappa shape index (κ1) is 15.4. The summed E-state index contributed by atoms with van der Waals surface area (Å²) >= 11 is 0. The van der Waals surface area contributed by atoms with Gasteiger partial charge < -0.3 is 15.5 Å². The van der Waals surface area contributed by atoms with Crippen LogP contribution in [0.4, 0.5) is 0 Å². The van der Waals surface area contributed by atoms with E-state index in [4.69, 9.17) is 0 Å². The van der Waals surface area contributed by atoms with Crippen LogP contribution in [0.5, 0.6) is 11.5 Å². The Balaban J connectivity index is 2.09. The number of phenolic OH excluding ortho intramolecular Hbond substituents is 2. The topological polar surface area (TPSA) is 69.6 Å². The van der Waals surface area contributed by atoms with E-state index in [9.17, 15) is 15.0 Å². The van der Waals surface area contributed by atoms with Gasteiger partial charge in [0, 0.05) is 19.2 Å². The summed E-state index contributed by atoms with van der Waals surface area (Å²) in [5.41, 5.74) is 2.61. The fraction of sp³-hybridized carbons (Fsp3) is 0.0556. The molecule has 22 heavy (non-hydrogen) atoms. The van der Waals surface area contributed by atoms with E-state index in [1.807, 2.05) is 30.3 Å². The lowest BCUT2D eigenvalue weighted by atomic mass is 10.1. The van der Waals surface area contributed by atoms with Gasteiger partial charge in [-0.25, -0.2) is 0 Å². The number of hydrogen-bond donors (Lipinski definition) is 3. The van der Waals surface area contributed by atoms with Crippen molar-refractivity contribution in [3.63, 3.8) is 0 Å². The Labute approximate surface area is 129 Å². The van der Waals surface area contributed by atoms with Gasteiger partial charge in [-0.3, -0.25) is 4.79 Å². The van der Waals surface area contributed by atoms with Crippen LogP contribution in [0.3, 0.4) is 0 Å². The zero-order valence-electron chi connectivity index (χ0n) is 12.2. The third kappa shape index (κ3) is 4.52. The zero-order chi connectivity index (χ0) is 15.9. The van der Waals surface area contributed by atoms with E-state index in [1.165, 1.54) is 12.1 Å². The fourth-order valence-corrected chi connectivity index (χ4v) is 1.88. The summed E-state index contributed by atoms with van der Waals surface area (Å²) in [5, 5.41) is 21.4. The molecular formula is C18H17NO3. The number of aromatic hydroxyl groups is 2. The number of likely N-dealkylation sites (N-methyl/N-ethyl adjacent to an activating group) is 1. The Morgan fingerprint density at radius 1 is 0.864 bits per heavy atom. The summed E-state index contributed by atoms with van der Waals surface area (Å²) < 4.78 is 0. The number of nitrogens with one attached hydrogen (secondary N) is 1. The van der Waals surface area contributed by atoms with Crippen LogP contribution in [0, 0.1) is 0 Å². The van der Waals surface area contributed by atoms with Crippen LogP contribution >= 0.6 is 0 Å². The number of hydrogen-bond acceptors (Lipinski definition) is 3. The van der Waals surface area contributed by atoms with E-state index in [0.717, 1.165) is 11.1 Å². The molecule has 4 nitrogen and oxygen atoms in total. The molecule has 0 aliphatic rings. The van der Waals surface area contributed by atoms with Crippen LogP contribution < -0.4 is 5.32 Å². The van der Waals surface area contributed by atoms with E-state index in [2.05, 4.69) is 5.32 Å². The molecule has 0 aromatic heterocycles. The molecule has 3 N–H and O–H groups in total. The maximum Gasteiger partial charge on any atom is 0.243 e. The molecule has 0 fully saturated rings. The summed E-state index contributed by atoms with van der Waals surface area (Å²) in [4.78, 5) is 11.1. The molecule has 0 atom stereocenters. The molecule has 0 spiro atoms. The second kappa shape index (κ2) is 7.13. The van der Waals surface area contributed by atoms with E-state index in [1.54, 1.807) is 31.3 Å². The lowest BCUT2D eigenvalue weighted by Crippen LogP contribution is -2.13. The highest BCUT2D eigenvalue weighted by Crippen LogP contribution is 2.22. The first-order valence-electron chi connectivity index (χ1n) is 6.78. The Morgan fingerprint density at radius 2 is 1.36 bits per heavy atom. The Hall–Kier alpha value is -3.01. The average Bonchev–Trinajstić information content (AvgIpc) is 2.50. The summed E-state index contributed by atoms with van der Waals surface area (Å²) in [6.45, 7) is 0. The highest BCUT2D eigenvalue weighted by Gasteiger charge is 1.96. The standard InChI is InChI=1S/C18H17NO3/c1-19-18(22)9-8-14-4-2-13(3-5-14)6-7-15-10-16(20)12-17(21)11-15/h2-12,20-21H,1H3,(H,19,22)/b7-6+,9-8+. The van der Waals surface area contributed by atoms with Gasteiger partial charge in [0.15, 0.2) is 0 Å². The van der Waals surface area contributed by atoms with Crippen molar-refractivity contribution in [2.45, 2.75) is 0 Å². The number of carbonyl (C=O) groups is 1. The highest BCUT2D eigenvalue weighted by atomic mass is 16.3. The molecule has 0 aliphatic carbocycles. The summed E-state index contributed by atoms with van der Waals surface area (Å²) in [5.74, 6) is -0.101. The molecule has 0 bridgehead atoms. The lowest BCUT2D eigenvalue weighted by Gasteiger charge is -1.99. The van der Waals surface area contributed by atoms with Crippen LogP contribution in [-0.2, 0) is 4.79 Å². The zero-order valence-corrected chi connectivity index (χ0v) is 12.2. The quantitative estimate of drug-likeness (QED) is 0.600. The molecule has 4 heteroatoms. The monoisotopic (exact) mass is 295 g/mol. The molecular weight excluding hydrogens is 278 g/mol. The number of carbonyl (C=O) groups excluding carboxylic acids is 1. The fourth-order valence-electron chi connectivity index (χ4n) is 1.88. The van der Waals surface area contributed by atoms with Gasteiger partial charge in [-0.05, 0) is 34.9 Å². The second-order valence-corrected chi connectivity index (χ2v) is 4.73. The van der Waals surface area contributed by atoms with Crippen LogP contribution in [0.15, 0.2) is 48.5 Å². The van der Waals surface area contributed by atoms with Crippen molar-refractivity contribution in [2.24, 2.45) is 0 Å². The minimum atomic E-state index is -0.146. The van der Waals surface area contributed by atoms with Crippen molar-refractivity contribution >= 4 is 24.1 Å². The average molecular weight is 295 g/mol. The molecule has 0 saturated heterocycles. The molecule has 0 aliphatic heterocycles. The first-order chi connectivity index (χ1) is 10.6. The normalized spacial score (nSPS) is 11.1. The number of amides is 1. The maximum absolute atomic E-state index is 11.1. The molecule has 1 amide bonds. The molecule has 2 rings (SSSR count). The van der Waals surface area contributed by atoms with Crippen molar-refractivity contribution in [2.75, 3.05) is 7.05 Å². The third-order valence-corrected chi connectivity index (χ3v) is 3.00. The van der Waals surface area contributed by atoms with Crippen molar-refractivity contribution < 1.29 is 15.0 Å². The van der Waals surface area contributed by atoms with Crippen molar-refractivity contribution in [3.8, 4) is 11.5 Å². The molecule has 2 aromatic carbocycles. The molecule has 112 valence electrons. The molecule has 0 heterocycles. The second-order valence-electron chi connectivity index (χ2n) is 4.73. The predicted molar refractivity (Wildman–Crippen MR) is 88.2 cm³/mol. The van der Waals surface area contributed by atoms with Gasteiger partial charge in [0.05, 0.1) is 0 Å². The summed E-state index contributed by atoms with van der Waals surface area (Å²) in [7, 11) is 1.58. The van der Waals surface area contributed by atoms with E-state index >= 15 is 0 Å². The van der Waals surface area contributed by atoms with Gasteiger partial charge in [-0.1, -0.05) is 36.4 Å². The third-order valence-electron chi connectivity index (χ3n) is 3.00. The molecule has 0 saturated carbocycles. The van der Waals surface area contributed by atoms with E-state index in [0.29, 0.717) is 5.56 Å². The van der Waals surface area contributed by atoms with Crippen LogP contribution in [0.25, 0.3) is 18.2 Å². The smallest absolute Gasteiger partial charge is 0.243 e. The number of phenols is 2. The first-order valence-corrected chi connectivity index (χ1v) is 6.78. The SMILES string of the molecule is CNC(=O)/C=C/c1ccc(/C=C/c2cc(O)cc(O)c2)cc1. The Kier molecular flexibility index (Phi) is 4.98. The number of benzene rings is 2. The molecule has 2 aromatic rings. The summed E-state index contributed by atoms with van der Waals surface area (Å²) in [6, 6.07) is 12.1. The molecule has 0 unspecified atom stereocenters. The highest BCUT2D eigenvalue weighted by molar-refractivity contribution is 5.91. The minimum Gasteiger partial charge on any atom is -0.508 e. The van der Waals surface area contributed by atoms with Crippen molar-refractivity contribution in [1.82, 2.24) is 5.32 Å². The Bertz CT molecular complexity index is 695. The maximum atomic E-state index is 11.1. The van der Waals surface area contributed by atoms with Gasteiger partial charge in [0.1, 0.15) is 11.5 Å². The van der Waals surface area contributed by atoms with Crippen LogP contribution in [0.2, 0.25) is 0 Å². The van der Waals surface area contributed by atoms with Crippen LogP contribution in [0.1, 0.15) is 16.7 Å². The Morgan fingerprint density at radius 3 is 1.91 bits per heavy atom. The van der Waals surface area contributed by atoms with Gasteiger partial charge in [0.25, 0.3) is 0 Å². The lowest BCUT2D eigenvalue weighted by molar-refractivity contribution is -0.115. The largest absolute Gasteiger partial charge is 0.508 e. The van der Waals surface area contributed by atoms with Crippen molar-refractivity contribution in [1.29, 1.82) is 0 Å². The minimum absolute atomic E-state index is 0.0225. The van der Waals surface area contributed by atoms with Gasteiger partial charge in [-0.2, -0.15) is 0 Å². The van der Waals surface area contributed by atoms with Gasteiger partial charge in [-0.15, -0.1) is 0 Å². The number of rotatable bonds is 4. The summed E-state index contributed by atoms with van der Waals surface area (Å²) in [6.07, 6.45) is 6.88. The van der Waals surface area contributed by atoms with Gasteiger partial charge in [0.2, 0.25) is 5.91 Å². The van der Waals surface area contributed by atoms with E-state index in [-0.39, 0.29) is 17.4 Å². The van der Waals surface area contributed by atoms with Crippen molar-refractivity contribution in [3.05, 3.63) is 65.2 Å². The predicted octanol–water partition coefficient (Wildman–Crippen LogP) is 3.03. The van der Waals surface area contributed by atoms with Gasteiger partial charge >= 0.3 is 0 Å².